The van der Waals surface area contributed by atoms with Gasteiger partial charge in [-0.15, -0.1) is 0 Å². The Bertz CT molecular complexity index is 914. The summed E-state index contributed by atoms with van der Waals surface area (Å²) >= 11 is 3.18. The topological polar surface area (TPSA) is 49.1 Å². The van der Waals surface area contributed by atoms with Gasteiger partial charge in [0.1, 0.15) is 11.6 Å². The van der Waals surface area contributed by atoms with E-state index in [1.165, 1.54) is 22.3 Å². The summed E-state index contributed by atoms with van der Waals surface area (Å²) in [5.41, 5.74) is 1.61. The van der Waals surface area contributed by atoms with E-state index in [9.17, 15) is 9.18 Å². The summed E-state index contributed by atoms with van der Waals surface area (Å²) in [7, 11) is 4.79. The highest BCUT2D eigenvalue weighted by Crippen LogP contribution is 2.38. The molecule has 0 atom stereocenters. The fourth-order valence-corrected chi connectivity index (χ4v) is 2.92. The van der Waals surface area contributed by atoms with Crippen molar-refractivity contribution in [2.45, 2.75) is 0 Å². The molecule has 2 aromatic heterocycles. The molecule has 5 nitrogen and oxygen atoms in total. The zero-order valence-electron chi connectivity index (χ0n) is 11.1. The monoisotopic (exact) mass is 339 g/mol. The fraction of sp³-hybridized carbons (Fsp3) is 0.231. The van der Waals surface area contributed by atoms with Crippen molar-refractivity contribution >= 4 is 37.9 Å². The third kappa shape index (κ3) is 1.53. The molecule has 0 spiro atoms. The average Bonchev–Trinajstić information content (AvgIpc) is 2.65. The molecule has 0 amide bonds. The average molecular weight is 340 g/mol. The van der Waals surface area contributed by atoms with Crippen LogP contribution in [-0.2, 0) is 14.1 Å². The normalized spacial score (nSPS) is 11.4. The first-order chi connectivity index (χ1) is 9.47. The number of hydrogen-bond donors (Lipinski definition) is 0. The van der Waals surface area contributed by atoms with E-state index >= 15 is 0 Å². The predicted molar refractivity (Wildman–Crippen MR) is 77.7 cm³/mol. The second-order valence-corrected chi connectivity index (χ2v) is 5.29. The van der Waals surface area contributed by atoms with Crippen molar-refractivity contribution in [3.05, 3.63) is 33.0 Å². The van der Waals surface area contributed by atoms with Crippen LogP contribution in [0.2, 0.25) is 0 Å². The third-order valence-electron chi connectivity index (χ3n) is 3.44. The van der Waals surface area contributed by atoms with Gasteiger partial charge < -0.3 is 4.74 Å². The van der Waals surface area contributed by atoms with Gasteiger partial charge in [-0.3, -0.25) is 14.1 Å². The highest BCUT2D eigenvalue weighted by atomic mass is 79.9. The van der Waals surface area contributed by atoms with Gasteiger partial charge in [0.2, 0.25) is 0 Å². The standard InChI is InChI=1S/C13H11BrFN3O2/c1-17-8-5-16-7-4-6(15)10(14)12(20-3)9(7)11(8)18(2)13(17)19/h4-5H,1-3H3. The summed E-state index contributed by atoms with van der Waals surface area (Å²) in [4.78, 5) is 16.3. The van der Waals surface area contributed by atoms with Crippen LogP contribution >= 0.6 is 15.9 Å². The number of halogens is 2. The number of aryl methyl sites for hydroxylation is 2. The fourth-order valence-electron chi connectivity index (χ4n) is 2.44. The van der Waals surface area contributed by atoms with Gasteiger partial charge in [-0.25, -0.2) is 9.18 Å². The van der Waals surface area contributed by atoms with Crippen molar-refractivity contribution in [3.63, 3.8) is 0 Å². The first-order valence-corrected chi connectivity index (χ1v) is 6.62. The molecule has 0 aliphatic rings. The molecule has 0 aliphatic heterocycles. The minimum absolute atomic E-state index is 0.170. The molecule has 104 valence electrons. The molecule has 0 bridgehead atoms. The molecule has 0 unspecified atom stereocenters. The Morgan fingerprint density at radius 3 is 2.70 bits per heavy atom. The maximum atomic E-state index is 13.8. The van der Waals surface area contributed by atoms with Crippen LogP contribution in [0.3, 0.4) is 0 Å². The van der Waals surface area contributed by atoms with Crippen molar-refractivity contribution < 1.29 is 9.13 Å². The van der Waals surface area contributed by atoms with Crippen LogP contribution in [0, 0.1) is 5.82 Å². The van der Waals surface area contributed by atoms with Crippen molar-refractivity contribution in [3.8, 4) is 5.75 Å². The molecule has 0 saturated carbocycles. The summed E-state index contributed by atoms with van der Waals surface area (Å²) < 4.78 is 22.4. The first-order valence-electron chi connectivity index (χ1n) is 5.83. The van der Waals surface area contributed by atoms with Gasteiger partial charge in [0.05, 0.1) is 39.7 Å². The van der Waals surface area contributed by atoms with Crippen molar-refractivity contribution in [2.24, 2.45) is 14.1 Å². The molecule has 0 N–H and O–H groups in total. The van der Waals surface area contributed by atoms with E-state index in [2.05, 4.69) is 20.9 Å². The largest absolute Gasteiger partial charge is 0.495 e. The quantitative estimate of drug-likeness (QED) is 0.683. The van der Waals surface area contributed by atoms with Gasteiger partial charge in [0, 0.05) is 20.2 Å². The maximum Gasteiger partial charge on any atom is 0.328 e. The molecular formula is C13H11BrFN3O2. The second-order valence-electron chi connectivity index (χ2n) is 4.49. The molecule has 1 aromatic carbocycles. The van der Waals surface area contributed by atoms with E-state index in [0.29, 0.717) is 27.7 Å². The van der Waals surface area contributed by atoms with Crippen LogP contribution in [-0.4, -0.2) is 21.2 Å². The SMILES string of the molecule is COc1c(Br)c(F)cc2ncc3c(c12)n(C)c(=O)n3C. The molecule has 0 radical (unpaired) electrons. The van der Waals surface area contributed by atoms with Crippen LogP contribution in [0.25, 0.3) is 21.9 Å². The van der Waals surface area contributed by atoms with E-state index in [4.69, 9.17) is 4.74 Å². The minimum Gasteiger partial charge on any atom is -0.495 e. The smallest absolute Gasteiger partial charge is 0.328 e. The Labute approximate surface area is 121 Å². The number of imidazole rings is 1. The molecule has 7 heteroatoms. The lowest BCUT2D eigenvalue weighted by atomic mass is 10.1. The van der Waals surface area contributed by atoms with Crippen LogP contribution in [0.4, 0.5) is 4.39 Å². The van der Waals surface area contributed by atoms with Gasteiger partial charge in [0.25, 0.3) is 0 Å². The van der Waals surface area contributed by atoms with E-state index < -0.39 is 5.82 Å². The number of nitrogens with zero attached hydrogens (tertiary/aromatic N) is 3. The zero-order valence-corrected chi connectivity index (χ0v) is 12.7. The molecule has 0 saturated heterocycles. The van der Waals surface area contributed by atoms with Crippen molar-refractivity contribution in [1.29, 1.82) is 0 Å². The van der Waals surface area contributed by atoms with Gasteiger partial charge in [-0.1, -0.05) is 0 Å². The molecule has 0 fully saturated rings. The summed E-state index contributed by atoms with van der Waals surface area (Å²) in [6.45, 7) is 0. The highest BCUT2D eigenvalue weighted by molar-refractivity contribution is 9.10. The van der Waals surface area contributed by atoms with E-state index in [-0.39, 0.29) is 10.2 Å². The maximum absolute atomic E-state index is 13.8. The van der Waals surface area contributed by atoms with Gasteiger partial charge in [-0.2, -0.15) is 0 Å². The van der Waals surface area contributed by atoms with Crippen LogP contribution in [0.5, 0.6) is 5.75 Å². The molecule has 3 aromatic rings. The minimum atomic E-state index is -0.456. The number of aromatic nitrogens is 3. The zero-order chi connectivity index (χ0) is 14.6. The number of benzene rings is 1. The van der Waals surface area contributed by atoms with Gasteiger partial charge in [-0.05, 0) is 15.9 Å². The highest BCUT2D eigenvalue weighted by Gasteiger charge is 2.19. The van der Waals surface area contributed by atoms with E-state index in [1.807, 2.05) is 0 Å². The van der Waals surface area contributed by atoms with Gasteiger partial charge in [0.15, 0.2) is 0 Å². The summed E-state index contributed by atoms with van der Waals surface area (Å²) in [5, 5.41) is 0.610. The number of fused-ring (bicyclic) bond motifs is 3. The molecular weight excluding hydrogens is 329 g/mol. The number of rotatable bonds is 1. The number of pyridine rings is 1. The van der Waals surface area contributed by atoms with Gasteiger partial charge >= 0.3 is 5.69 Å². The van der Waals surface area contributed by atoms with E-state index in [0.717, 1.165) is 0 Å². The Hall–Kier alpha value is -1.89. The van der Waals surface area contributed by atoms with Crippen LogP contribution in [0.15, 0.2) is 21.5 Å². The number of ether oxygens (including phenoxy) is 1. The Balaban J connectivity index is 2.70. The Morgan fingerprint density at radius 1 is 1.35 bits per heavy atom. The summed E-state index contributed by atoms with van der Waals surface area (Å²) in [5.74, 6) is -0.124. The van der Waals surface area contributed by atoms with Crippen molar-refractivity contribution in [1.82, 2.24) is 14.1 Å². The Morgan fingerprint density at radius 2 is 2.05 bits per heavy atom. The van der Waals surface area contributed by atoms with Crippen LogP contribution < -0.4 is 10.4 Å². The number of methoxy groups -OCH3 is 1. The predicted octanol–water partition coefficient (Wildman–Crippen LogP) is 2.34. The van der Waals surface area contributed by atoms with E-state index in [1.54, 1.807) is 20.3 Å². The molecule has 2 heterocycles. The third-order valence-corrected chi connectivity index (χ3v) is 4.17. The first kappa shape index (κ1) is 13.1. The molecule has 0 aliphatic carbocycles. The number of hydrogen-bond acceptors (Lipinski definition) is 3. The summed E-state index contributed by atoms with van der Waals surface area (Å²) in [6, 6.07) is 1.32. The molecule has 3 rings (SSSR count). The molecule has 20 heavy (non-hydrogen) atoms. The lowest BCUT2D eigenvalue weighted by molar-refractivity contribution is 0.413. The second kappa shape index (κ2) is 4.31. The van der Waals surface area contributed by atoms with Crippen LogP contribution in [0.1, 0.15) is 0 Å². The summed E-state index contributed by atoms with van der Waals surface area (Å²) in [6.07, 6.45) is 1.56. The lowest BCUT2D eigenvalue weighted by Crippen LogP contribution is -2.19. The van der Waals surface area contributed by atoms with Crippen molar-refractivity contribution in [2.75, 3.05) is 7.11 Å². The Kier molecular flexibility index (Phi) is 2.82. The lowest BCUT2D eigenvalue weighted by Gasteiger charge is -2.10.